The summed E-state index contributed by atoms with van der Waals surface area (Å²) in [7, 11) is 1.46. The molecule has 1 amide bonds. The summed E-state index contributed by atoms with van der Waals surface area (Å²) in [6.45, 7) is 4.45. The number of methoxy groups -OCH3 is 1. The summed E-state index contributed by atoms with van der Waals surface area (Å²) in [4.78, 5) is 25.7. The molecule has 0 atom stereocenters. The lowest BCUT2D eigenvalue weighted by Crippen LogP contribution is -2.41. The fourth-order valence-electron chi connectivity index (χ4n) is 2.76. The molecule has 0 spiro atoms. The van der Waals surface area contributed by atoms with Crippen LogP contribution in [0.2, 0.25) is 0 Å². The van der Waals surface area contributed by atoms with Gasteiger partial charge in [0.2, 0.25) is 0 Å². The van der Waals surface area contributed by atoms with Crippen LogP contribution in [-0.4, -0.2) is 62.2 Å². The monoisotopic (exact) mass is 365 g/mol. The number of amides is 1. The van der Waals surface area contributed by atoms with Gasteiger partial charge < -0.3 is 14.8 Å². The van der Waals surface area contributed by atoms with Crippen LogP contribution < -0.4 is 10.1 Å². The van der Waals surface area contributed by atoms with E-state index in [1.165, 1.54) is 30.6 Å². The van der Waals surface area contributed by atoms with E-state index in [0.29, 0.717) is 22.6 Å². The predicted molar refractivity (Wildman–Crippen MR) is 94.6 cm³/mol. The Morgan fingerprint density at radius 2 is 2.20 bits per heavy atom. The van der Waals surface area contributed by atoms with Gasteiger partial charge >= 0.3 is 0 Å². The maximum atomic E-state index is 12.5. The number of nitro benzene ring substituents is 1. The number of nitrogens with zero attached hydrogens (tertiary/aromatic N) is 2. The first-order chi connectivity index (χ1) is 12.1. The van der Waals surface area contributed by atoms with Crippen LogP contribution in [0.25, 0.3) is 10.1 Å². The normalized spacial score (nSPS) is 15.2. The van der Waals surface area contributed by atoms with E-state index >= 15 is 0 Å². The van der Waals surface area contributed by atoms with Crippen LogP contribution >= 0.6 is 11.3 Å². The largest absolute Gasteiger partial charge is 0.494 e. The number of hydrogen-bond donors (Lipinski definition) is 1. The van der Waals surface area contributed by atoms with E-state index in [0.717, 1.165) is 37.5 Å². The zero-order chi connectivity index (χ0) is 17.8. The lowest BCUT2D eigenvalue weighted by atomic mass is 10.2. The first-order valence-corrected chi connectivity index (χ1v) is 8.75. The topological polar surface area (TPSA) is 93.9 Å². The highest BCUT2D eigenvalue weighted by molar-refractivity contribution is 7.21. The minimum Gasteiger partial charge on any atom is -0.494 e. The van der Waals surface area contributed by atoms with E-state index in [1.807, 2.05) is 0 Å². The number of thiophene rings is 1. The zero-order valence-corrected chi connectivity index (χ0v) is 14.6. The lowest BCUT2D eigenvalue weighted by Gasteiger charge is -2.26. The van der Waals surface area contributed by atoms with Gasteiger partial charge in [0.25, 0.3) is 11.6 Å². The van der Waals surface area contributed by atoms with Crippen molar-refractivity contribution in [2.75, 3.05) is 46.5 Å². The number of carbonyl (C=O) groups is 1. The van der Waals surface area contributed by atoms with Gasteiger partial charge in [0.1, 0.15) is 4.88 Å². The standard InChI is InChI=1S/C16H19N3O5S/c1-23-14-12-10-11(19(21)22)2-3-13(12)25-15(14)16(20)17-4-5-18-6-8-24-9-7-18/h2-3,10H,4-9H2,1H3,(H,17,20). The molecule has 1 N–H and O–H groups in total. The molecule has 3 rings (SSSR count). The van der Waals surface area contributed by atoms with E-state index in [9.17, 15) is 14.9 Å². The molecule has 8 nitrogen and oxygen atoms in total. The SMILES string of the molecule is COc1c(C(=O)NCCN2CCOCC2)sc2ccc([N+](=O)[O-])cc12. The van der Waals surface area contributed by atoms with Gasteiger partial charge in [-0.05, 0) is 6.07 Å². The Bertz CT molecular complexity index is 785. The van der Waals surface area contributed by atoms with E-state index in [1.54, 1.807) is 6.07 Å². The zero-order valence-electron chi connectivity index (χ0n) is 13.8. The summed E-state index contributed by atoms with van der Waals surface area (Å²) < 4.78 is 11.4. The second kappa shape index (κ2) is 7.77. The minimum atomic E-state index is -0.460. The number of carbonyl (C=O) groups excluding carboxylic acids is 1. The number of benzene rings is 1. The lowest BCUT2D eigenvalue weighted by molar-refractivity contribution is -0.384. The Morgan fingerprint density at radius 1 is 1.44 bits per heavy atom. The summed E-state index contributed by atoms with van der Waals surface area (Å²) in [5, 5.41) is 14.4. The third-order valence-electron chi connectivity index (χ3n) is 4.06. The number of morpholine rings is 1. The van der Waals surface area contributed by atoms with E-state index in [2.05, 4.69) is 10.2 Å². The molecule has 1 aromatic heterocycles. The van der Waals surface area contributed by atoms with Gasteiger partial charge in [0.15, 0.2) is 5.75 Å². The maximum Gasteiger partial charge on any atom is 0.270 e. The van der Waals surface area contributed by atoms with Gasteiger partial charge in [-0.25, -0.2) is 0 Å². The number of nitrogens with one attached hydrogen (secondary N) is 1. The molecule has 0 saturated carbocycles. The van der Waals surface area contributed by atoms with Gasteiger partial charge in [0, 0.05) is 48.4 Å². The van der Waals surface area contributed by atoms with Gasteiger partial charge in [-0.15, -0.1) is 11.3 Å². The molecule has 1 aliphatic heterocycles. The summed E-state index contributed by atoms with van der Waals surface area (Å²) in [6.07, 6.45) is 0. The summed E-state index contributed by atoms with van der Waals surface area (Å²) in [6, 6.07) is 4.51. The molecular weight excluding hydrogens is 346 g/mol. The Hall–Kier alpha value is -2.23. The number of nitro groups is 1. The fourth-order valence-corrected chi connectivity index (χ4v) is 3.83. The number of ether oxygens (including phenoxy) is 2. The summed E-state index contributed by atoms with van der Waals surface area (Å²) >= 11 is 1.27. The van der Waals surface area contributed by atoms with Crippen LogP contribution in [0.15, 0.2) is 18.2 Å². The van der Waals surface area contributed by atoms with Crippen LogP contribution in [0.1, 0.15) is 9.67 Å². The van der Waals surface area contributed by atoms with Crippen LogP contribution in [-0.2, 0) is 4.74 Å². The smallest absolute Gasteiger partial charge is 0.270 e. The maximum absolute atomic E-state index is 12.5. The van der Waals surface area contributed by atoms with Crippen molar-refractivity contribution in [2.45, 2.75) is 0 Å². The Kier molecular flexibility index (Phi) is 5.47. The first kappa shape index (κ1) is 17.6. The third kappa shape index (κ3) is 3.89. The highest BCUT2D eigenvalue weighted by Crippen LogP contribution is 2.39. The molecule has 0 aliphatic carbocycles. The minimum absolute atomic E-state index is 0.0251. The van der Waals surface area contributed by atoms with Crippen molar-refractivity contribution in [1.29, 1.82) is 0 Å². The molecule has 0 radical (unpaired) electrons. The van der Waals surface area contributed by atoms with E-state index < -0.39 is 4.92 Å². The highest BCUT2D eigenvalue weighted by atomic mass is 32.1. The predicted octanol–water partition coefficient (Wildman–Crippen LogP) is 1.88. The molecule has 0 unspecified atom stereocenters. The average molecular weight is 365 g/mol. The Morgan fingerprint density at radius 3 is 2.88 bits per heavy atom. The van der Waals surface area contributed by atoms with Crippen molar-refractivity contribution >= 4 is 33.0 Å². The number of non-ortho nitro benzene ring substituents is 1. The van der Waals surface area contributed by atoms with Crippen LogP contribution in [0, 0.1) is 10.1 Å². The quantitative estimate of drug-likeness (QED) is 0.620. The molecule has 1 aromatic carbocycles. The van der Waals surface area contributed by atoms with Gasteiger partial charge in [0.05, 0.1) is 25.2 Å². The van der Waals surface area contributed by atoms with Gasteiger partial charge in [-0.2, -0.15) is 0 Å². The van der Waals surface area contributed by atoms with Crippen molar-refractivity contribution in [2.24, 2.45) is 0 Å². The Balaban J connectivity index is 1.72. The molecule has 1 fully saturated rings. The van der Waals surface area contributed by atoms with Crippen molar-refractivity contribution in [3.05, 3.63) is 33.2 Å². The molecule has 25 heavy (non-hydrogen) atoms. The van der Waals surface area contributed by atoms with E-state index in [-0.39, 0.29) is 11.6 Å². The fraction of sp³-hybridized carbons (Fsp3) is 0.438. The van der Waals surface area contributed by atoms with Crippen LogP contribution in [0.3, 0.4) is 0 Å². The van der Waals surface area contributed by atoms with Crippen molar-refractivity contribution in [3.8, 4) is 5.75 Å². The molecule has 2 heterocycles. The van der Waals surface area contributed by atoms with Crippen molar-refractivity contribution in [1.82, 2.24) is 10.2 Å². The second-order valence-corrected chi connectivity index (χ2v) is 6.66. The molecule has 134 valence electrons. The molecule has 1 aliphatic rings. The molecule has 2 aromatic rings. The number of hydrogen-bond acceptors (Lipinski definition) is 7. The molecule has 1 saturated heterocycles. The third-order valence-corrected chi connectivity index (χ3v) is 5.22. The first-order valence-electron chi connectivity index (χ1n) is 7.93. The van der Waals surface area contributed by atoms with Crippen molar-refractivity contribution in [3.63, 3.8) is 0 Å². The Labute approximate surface area is 148 Å². The summed E-state index contributed by atoms with van der Waals surface area (Å²) in [5.41, 5.74) is -0.0251. The molecule has 9 heteroatoms. The second-order valence-electron chi connectivity index (χ2n) is 5.61. The van der Waals surface area contributed by atoms with Gasteiger partial charge in [-0.3, -0.25) is 19.8 Å². The summed E-state index contributed by atoms with van der Waals surface area (Å²) in [5.74, 6) is 0.154. The van der Waals surface area contributed by atoms with Gasteiger partial charge in [-0.1, -0.05) is 0 Å². The molecule has 0 bridgehead atoms. The van der Waals surface area contributed by atoms with Crippen molar-refractivity contribution < 1.29 is 19.2 Å². The van der Waals surface area contributed by atoms with E-state index in [4.69, 9.17) is 9.47 Å². The van der Waals surface area contributed by atoms with Crippen LogP contribution in [0.5, 0.6) is 5.75 Å². The highest BCUT2D eigenvalue weighted by Gasteiger charge is 2.21. The number of fused-ring (bicyclic) bond motifs is 1. The number of rotatable bonds is 6. The average Bonchev–Trinajstić information content (AvgIpc) is 3.00. The molecular formula is C16H19N3O5S. The van der Waals surface area contributed by atoms with Crippen LogP contribution in [0.4, 0.5) is 5.69 Å².